The van der Waals surface area contributed by atoms with Crippen LogP contribution in [0, 0.1) is 5.82 Å². The van der Waals surface area contributed by atoms with Crippen LogP contribution in [-0.4, -0.2) is 14.5 Å². The predicted molar refractivity (Wildman–Crippen MR) is 115 cm³/mol. The molecule has 0 fully saturated rings. The highest BCUT2D eigenvalue weighted by Gasteiger charge is 2.08. The van der Waals surface area contributed by atoms with Crippen LogP contribution in [0.15, 0.2) is 65.4 Å². The van der Waals surface area contributed by atoms with Gasteiger partial charge in [0, 0.05) is 41.2 Å². The van der Waals surface area contributed by atoms with Gasteiger partial charge >= 0.3 is 0 Å². The lowest BCUT2D eigenvalue weighted by molar-refractivity contribution is 0.628. The van der Waals surface area contributed by atoms with E-state index in [1.165, 1.54) is 23.0 Å². The molecule has 0 aliphatic rings. The molecule has 142 valence electrons. The number of hydrogen-bond acceptors (Lipinski definition) is 4. The Kier molecular flexibility index (Phi) is 5.25. The minimum Gasteiger partial charge on any atom is -0.347 e. The van der Waals surface area contributed by atoms with Gasteiger partial charge in [0.05, 0.1) is 4.47 Å². The van der Waals surface area contributed by atoms with Gasteiger partial charge < -0.3 is 15.2 Å². The first-order chi connectivity index (χ1) is 13.6. The second-order valence-electron chi connectivity index (χ2n) is 6.43. The van der Waals surface area contributed by atoms with E-state index in [9.17, 15) is 4.39 Å². The minimum absolute atomic E-state index is 0.280. The molecule has 7 heteroatoms. The zero-order chi connectivity index (χ0) is 19.5. The van der Waals surface area contributed by atoms with Crippen LogP contribution in [0.25, 0.3) is 10.9 Å². The van der Waals surface area contributed by atoms with Crippen molar-refractivity contribution in [1.82, 2.24) is 14.5 Å². The normalized spacial score (nSPS) is 11.0. The summed E-state index contributed by atoms with van der Waals surface area (Å²) in [5.41, 5.74) is 2.87. The largest absolute Gasteiger partial charge is 0.347 e. The SMILES string of the molecule is CCCn1ccc2cc(Nc3ncc(Br)c(Nc4ccc(F)cc4)n3)ccc21. The van der Waals surface area contributed by atoms with E-state index in [2.05, 4.69) is 72.4 Å². The molecule has 0 bridgehead atoms. The Bertz CT molecular complexity index is 1110. The average molecular weight is 440 g/mol. The number of aromatic nitrogens is 3. The highest BCUT2D eigenvalue weighted by Crippen LogP contribution is 2.27. The van der Waals surface area contributed by atoms with Crippen molar-refractivity contribution in [2.45, 2.75) is 19.9 Å². The fraction of sp³-hybridized carbons (Fsp3) is 0.143. The van der Waals surface area contributed by atoms with Crippen molar-refractivity contribution in [3.8, 4) is 0 Å². The lowest BCUT2D eigenvalue weighted by atomic mass is 10.2. The van der Waals surface area contributed by atoms with E-state index in [0.717, 1.165) is 28.8 Å². The van der Waals surface area contributed by atoms with E-state index in [0.29, 0.717) is 11.8 Å². The van der Waals surface area contributed by atoms with Crippen LogP contribution < -0.4 is 10.6 Å². The highest BCUT2D eigenvalue weighted by molar-refractivity contribution is 9.10. The smallest absolute Gasteiger partial charge is 0.229 e. The van der Waals surface area contributed by atoms with Crippen LogP contribution in [0.2, 0.25) is 0 Å². The maximum Gasteiger partial charge on any atom is 0.229 e. The van der Waals surface area contributed by atoms with Crippen molar-refractivity contribution in [3.63, 3.8) is 0 Å². The van der Waals surface area contributed by atoms with Crippen molar-refractivity contribution in [2.75, 3.05) is 10.6 Å². The van der Waals surface area contributed by atoms with Gasteiger partial charge in [0.1, 0.15) is 11.6 Å². The Morgan fingerprint density at radius 3 is 2.61 bits per heavy atom. The zero-order valence-electron chi connectivity index (χ0n) is 15.3. The number of nitrogens with one attached hydrogen (secondary N) is 2. The molecule has 4 aromatic rings. The summed E-state index contributed by atoms with van der Waals surface area (Å²) in [5.74, 6) is 0.789. The Morgan fingerprint density at radius 1 is 1.04 bits per heavy atom. The van der Waals surface area contributed by atoms with Gasteiger partial charge in [-0.3, -0.25) is 0 Å². The van der Waals surface area contributed by atoms with Crippen LogP contribution in [0.3, 0.4) is 0 Å². The van der Waals surface area contributed by atoms with Gasteiger partial charge in [0.2, 0.25) is 5.95 Å². The number of aryl methyl sites for hydroxylation is 1. The van der Waals surface area contributed by atoms with Crippen molar-refractivity contribution in [2.24, 2.45) is 0 Å². The molecule has 2 aromatic carbocycles. The number of fused-ring (bicyclic) bond motifs is 1. The summed E-state index contributed by atoms with van der Waals surface area (Å²) in [6.45, 7) is 3.18. The Morgan fingerprint density at radius 2 is 1.82 bits per heavy atom. The third-order valence-electron chi connectivity index (χ3n) is 4.34. The standard InChI is InChI=1S/C21H19BrFN5/c1-2-10-28-11-9-14-12-17(7-8-19(14)28)26-21-24-13-18(22)20(27-21)25-16-5-3-15(23)4-6-16/h3-9,11-13H,2,10H2,1H3,(H2,24,25,26,27). The second-order valence-corrected chi connectivity index (χ2v) is 7.28. The minimum atomic E-state index is -0.280. The quantitative estimate of drug-likeness (QED) is 0.373. The maximum absolute atomic E-state index is 13.1. The van der Waals surface area contributed by atoms with E-state index >= 15 is 0 Å². The molecule has 28 heavy (non-hydrogen) atoms. The lowest BCUT2D eigenvalue weighted by Gasteiger charge is -2.11. The Balaban J connectivity index is 1.56. The molecular weight excluding hydrogens is 421 g/mol. The van der Waals surface area contributed by atoms with Gasteiger partial charge in [-0.25, -0.2) is 9.37 Å². The van der Waals surface area contributed by atoms with Crippen molar-refractivity contribution in [1.29, 1.82) is 0 Å². The van der Waals surface area contributed by atoms with E-state index in [1.54, 1.807) is 18.3 Å². The second kappa shape index (κ2) is 7.98. The van der Waals surface area contributed by atoms with Crippen molar-refractivity contribution >= 4 is 50.0 Å². The van der Waals surface area contributed by atoms with Crippen LogP contribution >= 0.6 is 15.9 Å². The predicted octanol–water partition coefficient (Wildman–Crippen LogP) is 6.23. The first-order valence-electron chi connectivity index (χ1n) is 9.03. The summed E-state index contributed by atoms with van der Waals surface area (Å²) in [5, 5.41) is 7.58. The zero-order valence-corrected chi connectivity index (χ0v) is 16.9. The Hall–Kier alpha value is -2.93. The molecule has 5 nitrogen and oxygen atoms in total. The molecule has 2 heterocycles. The molecule has 2 aromatic heterocycles. The average Bonchev–Trinajstić information content (AvgIpc) is 3.09. The number of benzene rings is 2. The maximum atomic E-state index is 13.1. The summed E-state index contributed by atoms with van der Waals surface area (Å²) in [6, 6.07) is 14.4. The summed E-state index contributed by atoms with van der Waals surface area (Å²) < 4.78 is 16.1. The molecule has 0 aliphatic heterocycles. The number of nitrogens with zero attached hydrogens (tertiary/aromatic N) is 3. The molecule has 0 spiro atoms. The third kappa shape index (κ3) is 3.99. The lowest BCUT2D eigenvalue weighted by Crippen LogP contribution is -2.01. The summed E-state index contributed by atoms with van der Waals surface area (Å²) in [4.78, 5) is 8.85. The molecule has 0 saturated carbocycles. The van der Waals surface area contributed by atoms with E-state index in [1.807, 2.05) is 6.07 Å². The molecule has 0 unspecified atom stereocenters. The fourth-order valence-electron chi connectivity index (χ4n) is 3.03. The molecular formula is C21H19BrFN5. The van der Waals surface area contributed by atoms with Gasteiger partial charge in [-0.15, -0.1) is 0 Å². The van der Waals surface area contributed by atoms with Gasteiger partial charge in [0.15, 0.2) is 0 Å². The molecule has 4 rings (SSSR count). The molecule has 0 aliphatic carbocycles. The van der Waals surface area contributed by atoms with Gasteiger partial charge in [-0.05, 0) is 70.9 Å². The van der Waals surface area contributed by atoms with Crippen molar-refractivity contribution < 1.29 is 4.39 Å². The monoisotopic (exact) mass is 439 g/mol. The molecule has 0 amide bonds. The van der Waals surface area contributed by atoms with E-state index in [-0.39, 0.29) is 5.82 Å². The topological polar surface area (TPSA) is 54.8 Å². The first-order valence-corrected chi connectivity index (χ1v) is 9.83. The van der Waals surface area contributed by atoms with Gasteiger partial charge in [-0.1, -0.05) is 6.92 Å². The Labute approximate surface area is 170 Å². The van der Waals surface area contributed by atoms with Crippen LogP contribution in [-0.2, 0) is 6.54 Å². The van der Waals surface area contributed by atoms with Gasteiger partial charge in [0.25, 0.3) is 0 Å². The summed E-state index contributed by atoms with van der Waals surface area (Å²) in [6.07, 6.45) is 4.89. The number of halogens is 2. The summed E-state index contributed by atoms with van der Waals surface area (Å²) >= 11 is 3.45. The third-order valence-corrected chi connectivity index (χ3v) is 4.92. The number of hydrogen-bond donors (Lipinski definition) is 2. The van der Waals surface area contributed by atoms with Gasteiger partial charge in [-0.2, -0.15) is 4.98 Å². The van der Waals surface area contributed by atoms with Crippen LogP contribution in [0.4, 0.5) is 27.5 Å². The van der Waals surface area contributed by atoms with Crippen LogP contribution in [0.5, 0.6) is 0 Å². The first kappa shape index (κ1) is 18.4. The highest BCUT2D eigenvalue weighted by atomic mass is 79.9. The van der Waals surface area contributed by atoms with Crippen LogP contribution in [0.1, 0.15) is 13.3 Å². The fourth-order valence-corrected chi connectivity index (χ4v) is 3.32. The number of rotatable bonds is 6. The molecule has 2 N–H and O–H groups in total. The van der Waals surface area contributed by atoms with Crippen molar-refractivity contribution in [3.05, 3.63) is 71.2 Å². The molecule has 0 atom stereocenters. The molecule has 0 radical (unpaired) electrons. The molecule has 0 saturated heterocycles. The summed E-state index contributed by atoms with van der Waals surface area (Å²) in [7, 11) is 0. The van der Waals surface area contributed by atoms with E-state index < -0.39 is 0 Å². The van der Waals surface area contributed by atoms with E-state index in [4.69, 9.17) is 0 Å². The number of anilines is 4.